The molecule has 0 fully saturated rings. The Morgan fingerprint density at radius 2 is 1.94 bits per heavy atom. The molecule has 0 aliphatic heterocycles. The van der Waals surface area contributed by atoms with Crippen molar-refractivity contribution in [3.05, 3.63) is 48.0 Å². The molecule has 0 saturated carbocycles. The van der Waals surface area contributed by atoms with Gasteiger partial charge >= 0.3 is 0 Å². The number of nitrogens with one attached hydrogen (secondary N) is 1. The molecule has 0 aliphatic carbocycles. The maximum Gasteiger partial charge on any atom is 0.243 e. The molecule has 1 amide bonds. The number of allylic oxidation sites excluding steroid dienone is 1. The number of likely N-dealkylation sites (N-methyl/N-ethyl adjacent to an activating group) is 1. The zero-order chi connectivity index (χ0) is 12.3. The van der Waals surface area contributed by atoms with Crippen LogP contribution in [0.4, 0.5) is 0 Å². The summed E-state index contributed by atoms with van der Waals surface area (Å²) >= 11 is 0. The van der Waals surface area contributed by atoms with Crippen molar-refractivity contribution < 1.29 is 4.79 Å². The zero-order valence-corrected chi connectivity index (χ0v) is 10.5. The summed E-state index contributed by atoms with van der Waals surface area (Å²) in [6.45, 7) is 0. The van der Waals surface area contributed by atoms with Gasteiger partial charge in [-0.3, -0.25) is 4.79 Å². The van der Waals surface area contributed by atoms with Gasteiger partial charge in [0.05, 0.1) is 0 Å². The molecule has 1 aromatic rings. The summed E-state index contributed by atoms with van der Waals surface area (Å²) < 4.78 is 0. The van der Waals surface area contributed by atoms with Crippen LogP contribution in [0.3, 0.4) is 0 Å². The van der Waals surface area contributed by atoms with Gasteiger partial charge in [0.2, 0.25) is 5.91 Å². The number of carbonyl (C=O) groups is 1. The second-order valence-corrected chi connectivity index (χ2v) is 4.10. The van der Waals surface area contributed by atoms with E-state index < -0.39 is 0 Å². The van der Waals surface area contributed by atoms with Gasteiger partial charge in [0.1, 0.15) is 0 Å². The third-order valence-electron chi connectivity index (χ3n) is 2.69. The van der Waals surface area contributed by atoms with Crippen LogP contribution in [0.2, 0.25) is 0 Å². The van der Waals surface area contributed by atoms with Gasteiger partial charge in [0.25, 0.3) is 0 Å². The van der Waals surface area contributed by atoms with Crippen LogP contribution in [0.25, 0.3) is 0 Å². The first-order valence-electron chi connectivity index (χ1n) is 6.25. The molecule has 2 nitrogen and oxygen atoms in total. The van der Waals surface area contributed by atoms with E-state index >= 15 is 0 Å². The molecule has 1 aromatic carbocycles. The Balaban J connectivity index is 2.02. The van der Waals surface area contributed by atoms with Gasteiger partial charge in [-0.25, -0.2) is 0 Å². The van der Waals surface area contributed by atoms with Crippen LogP contribution in [-0.4, -0.2) is 13.0 Å². The van der Waals surface area contributed by atoms with E-state index in [0.29, 0.717) is 0 Å². The fraction of sp³-hybridized carbons (Fsp3) is 0.400. The smallest absolute Gasteiger partial charge is 0.243 e. The van der Waals surface area contributed by atoms with Crippen molar-refractivity contribution in [3.8, 4) is 0 Å². The van der Waals surface area contributed by atoms with Gasteiger partial charge in [0, 0.05) is 7.05 Å². The minimum absolute atomic E-state index is 0.0192. The quantitative estimate of drug-likeness (QED) is 0.567. The van der Waals surface area contributed by atoms with Crippen LogP contribution < -0.4 is 5.32 Å². The Kier molecular flexibility index (Phi) is 6.80. The van der Waals surface area contributed by atoms with Crippen LogP contribution in [-0.2, 0) is 11.2 Å². The molecule has 2 heteroatoms. The molecular formula is C15H21NO. The Labute approximate surface area is 104 Å². The molecule has 0 heterocycles. The van der Waals surface area contributed by atoms with E-state index in [0.717, 1.165) is 19.3 Å². The largest absolute Gasteiger partial charge is 0.356 e. The third kappa shape index (κ3) is 6.56. The highest BCUT2D eigenvalue weighted by atomic mass is 16.1. The third-order valence-corrected chi connectivity index (χ3v) is 2.69. The highest BCUT2D eigenvalue weighted by Gasteiger charge is 1.92. The van der Waals surface area contributed by atoms with Gasteiger partial charge in [-0.15, -0.1) is 0 Å². The molecule has 92 valence electrons. The number of unbranched alkanes of at least 4 members (excludes halogenated alkanes) is 3. The lowest BCUT2D eigenvalue weighted by Crippen LogP contribution is -2.13. The average Bonchev–Trinajstić information content (AvgIpc) is 2.38. The van der Waals surface area contributed by atoms with Crippen molar-refractivity contribution in [1.82, 2.24) is 5.32 Å². The van der Waals surface area contributed by atoms with E-state index in [1.165, 1.54) is 18.4 Å². The fourth-order valence-corrected chi connectivity index (χ4v) is 1.69. The molecule has 1 rings (SSSR count). The number of aryl methyl sites for hydroxylation is 1. The molecule has 1 N–H and O–H groups in total. The van der Waals surface area contributed by atoms with Gasteiger partial charge in [-0.05, 0) is 37.3 Å². The zero-order valence-electron chi connectivity index (χ0n) is 10.5. The number of carbonyl (C=O) groups excluding carboxylic acids is 1. The molecule has 17 heavy (non-hydrogen) atoms. The molecule has 0 aromatic heterocycles. The summed E-state index contributed by atoms with van der Waals surface area (Å²) in [5.74, 6) is -0.0192. The van der Waals surface area contributed by atoms with E-state index in [4.69, 9.17) is 0 Å². The number of hydrogen-bond donors (Lipinski definition) is 1. The van der Waals surface area contributed by atoms with Crippen molar-refractivity contribution in [2.45, 2.75) is 32.1 Å². The van der Waals surface area contributed by atoms with Crippen LogP contribution in [0, 0.1) is 0 Å². The van der Waals surface area contributed by atoms with Crippen LogP contribution >= 0.6 is 0 Å². The van der Waals surface area contributed by atoms with Crippen LogP contribution in [0.15, 0.2) is 42.5 Å². The average molecular weight is 231 g/mol. The molecular weight excluding hydrogens is 210 g/mol. The number of hydrogen-bond acceptors (Lipinski definition) is 1. The SMILES string of the molecule is CNC(=O)/C=C/CCCCCc1ccccc1. The van der Waals surface area contributed by atoms with Crippen molar-refractivity contribution in [2.75, 3.05) is 7.05 Å². The molecule has 0 spiro atoms. The fourth-order valence-electron chi connectivity index (χ4n) is 1.69. The van der Waals surface area contributed by atoms with Crippen LogP contribution in [0.5, 0.6) is 0 Å². The molecule has 0 aliphatic rings. The Morgan fingerprint density at radius 3 is 2.65 bits per heavy atom. The molecule has 0 radical (unpaired) electrons. The summed E-state index contributed by atoms with van der Waals surface area (Å²) in [5.41, 5.74) is 1.41. The monoisotopic (exact) mass is 231 g/mol. The normalized spacial score (nSPS) is 10.6. The van der Waals surface area contributed by atoms with Crippen molar-refractivity contribution in [3.63, 3.8) is 0 Å². The first kappa shape index (κ1) is 13.5. The van der Waals surface area contributed by atoms with E-state index in [9.17, 15) is 4.79 Å². The predicted octanol–water partition coefficient (Wildman–Crippen LogP) is 3.09. The minimum Gasteiger partial charge on any atom is -0.356 e. The summed E-state index contributed by atoms with van der Waals surface area (Å²) in [5, 5.41) is 2.56. The highest BCUT2D eigenvalue weighted by Crippen LogP contribution is 2.07. The Morgan fingerprint density at radius 1 is 1.18 bits per heavy atom. The first-order chi connectivity index (χ1) is 8.33. The van der Waals surface area contributed by atoms with Gasteiger partial charge < -0.3 is 5.32 Å². The number of benzene rings is 1. The molecule has 0 bridgehead atoms. The van der Waals surface area contributed by atoms with Gasteiger partial charge in [0.15, 0.2) is 0 Å². The first-order valence-corrected chi connectivity index (χ1v) is 6.25. The standard InChI is InChI=1S/C15H21NO/c1-16-15(17)13-9-4-2-3-6-10-14-11-7-5-8-12-14/h5,7-9,11-13H,2-4,6,10H2,1H3,(H,16,17)/b13-9+. The lowest BCUT2D eigenvalue weighted by molar-refractivity contribution is -0.116. The number of amides is 1. The molecule has 0 unspecified atom stereocenters. The second-order valence-electron chi connectivity index (χ2n) is 4.10. The highest BCUT2D eigenvalue weighted by molar-refractivity contribution is 5.87. The van der Waals surface area contributed by atoms with E-state index in [1.807, 2.05) is 12.1 Å². The molecule has 0 atom stereocenters. The predicted molar refractivity (Wildman–Crippen MR) is 71.8 cm³/mol. The van der Waals surface area contributed by atoms with Crippen molar-refractivity contribution in [1.29, 1.82) is 0 Å². The van der Waals surface area contributed by atoms with Crippen molar-refractivity contribution in [2.24, 2.45) is 0 Å². The summed E-state index contributed by atoms with van der Waals surface area (Å²) in [7, 11) is 1.65. The van der Waals surface area contributed by atoms with Gasteiger partial charge in [-0.1, -0.05) is 42.8 Å². The Hall–Kier alpha value is -1.57. The second kappa shape index (κ2) is 8.57. The topological polar surface area (TPSA) is 29.1 Å². The lowest BCUT2D eigenvalue weighted by Gasteiger charge is -2.00. The Bertz CT molecular complexity index is 343. The maximum absolute atomic E-state index is 10.9. The van der Waals surface area contributed by atoms with E-state index in [1.54, 1.807) is 13.1 Å². The molecule has 0 saturated heterocycles. The van der Waals surface area contributed by atoms with Gasteiger partial charge in [-0.2, -0.15) is 0 Å². The maximum atomic E-state index is 10.9. The minimum atomic E-state index is -0.0192. The summed E-state index contributed by atoms with van der Waals surface area (Å²) in [6.07, 6.45) is 9.28. The number of rotatable bonds is 7. The lowest BCUT2D eigenvalue weighted by atomic mass is 10.1. The summed E-state index contributed by atoms with van der Waals surface area (Å²) in [6, 6.07) is 10.6. The van der Waals surface area contributed by atoms with Crippen molar-refractivity contribution >= 4 is 5.91 Å². The summed E-state index contributed by atoms with van der Waals surface area (Å²) in [4.78, 5) is 10.9. The van der Waals surface area contributed by atoms with E-state index in [2.05, 4.69) is 29.6 Å². The van der Waals surface area contributed by atoms with Crippen LogP contribution in [0.1, 0.15) is 31.2 Å². The van der Waals surface area contributed by atoms with E-state index in [-0.39, 0.29) is 5.91 Å².